The van der Waals surface area contributed by atoms with Crippen LogP contribution in [-0.2, 0) is 19.9 Å². The number of carbonyl (C=O) groups is 2. The Morgan fingerprint density at radius 1 is 0.975 bits per heavy atom. The van der Waals surface area contributed by atoms with Gasteiger partial charge < -0.3 is 24.2 Å². The lowest BCUT2D eigenvalue weighted by molar-refractivity contribution is -0.939. The summed E-state index contributed by atoms with van der Waals surface area (Å²) < 4.78 is 12.0. The summed E-state index contributed by atoms with van der Waals surface area (Å²) in [5.41, 5.74) is 0.608. The lowest BCUT2D eigenvalue weighted by atomic mass is 9.73. The van der Waals surface area contributed by atoms with Crippen LogP contribution in [0, 0.1) is 11.8 Å². The Morgan fingerprint density at radius 2 is 1.65 bits per heavy atom. The SMILES string of the molecule is O=C(C[N+]12CCC(CC1)[C@@H](OC(=O)C(O)(c1ccccc1)C1CCCCC1)C2)Nc1nocc1-c1ccccc1. The van der Waals surface area contributed by atoms with Crippen LogP contribution >= 0.6 is 0 Å². The molecule has 1 aromatic heterocycles. The van der Waals surface area contributed by atoms with E-state index < -0.39 is 11.6 Å². The summed E-state index contributed by atoms with van der Waals surface area (Å²) in [6, 6.07) is 19.0. The van der Waals surface area contributed by atoms with E-state index >= 15 is 0 Å². The van der Waals surface area contributed by atoms with Crippen molar-refractivity contribution < 1.29 is 28.4 Å². The van der Waals surface area contributed by atoms with Crippen LogP contribution in [0.2, 0.25) is 0 Å². The zero-order valence-electron chi connectivity index (χ0n) is 22.8. The first-order valence-corrected chi connectivity index (χ1v) is 14.6. The first kappa shape index (κ1) is 26.7. The Kier molecular flexibility index (Phi) is 7.47. The van der Waals surface area contributed by atoms with Gasteiger partial charge in [-0.05, 0) is 24.0 Å². The molecule has 0 radical (unpaired) electrons. The number of esters is 1. The average molecular weight is 545 g/mol. The molecule has 2 atom stereocenters. The third-order valence-electron chi connectivity index (χ3n) is 9.41. The fourth-order valence-electron chi connectivity index (χ4n) is 7.16. The summed E-state index contributed by atoms with van der Waals surface area (Å²) in [4.78, 5) is 27.1. The highest BCUT2D eigenvalue weighted by Gasteiger charge is 2.52. The second-order valence-corrected chi connectivity index (χ2v) is 11.9. The number of ether oxygens (including phenoxy) is 1. The number of benzene rings is 2. The molecule has 210 valence electrons. The molecule has 3 aliphatic heterocycles. The van der Waals surface area contributed by atoms with E-state index in [1.807, 2.05) is 60.7 Å². The average Bonchev–Trinajstić information content (AvgIpc) is 3.46. The van der Waals surface area contributed by atoms with Crippen LogP contribution in [-0.4, -0.2) is 58.9 Å². The standard InChI is InChI=1S/C32H37N3O5/c36-29(33-30-27(22-39-34-30)23-10-4-1-5-11-23)21-35-18-16-24(17-19-35)28(20-35)40-31(37)32(38,25-12-6-2-7-13-25)26-14-8-3-9-15-26/h1-2,4-7,10-13,22,24,26,28,38H,3,8-9,14-21H2/p+1/t24?,28-,32?,35?/m0/s1. The molecule has 2 N–H and O–H groups in total. The molecule has 3 aromatic rings. The summed E-state index contributed by atoms with van der Waals surface area (Å²) in [6.07, 6.45) is 7.74. The summed E-state index contributed by atoms with van der Waals surface area (Å²) in [6.45, 7) is 2.57. The number of amides is 1. The molecule has 0 spiro atoms. The number of piperidine rings is 3. The molecule has 1 unspecified atom stereocenters. The van der Waals surface area contributed by atoms with Crippen molar-refractivity contribution in [2.24, 2.45) is 11.8 Å². The lowest BCUT2D eigenvalue weighted by Crippen LogP contribution is -2.66. The quantitative estimate of drug-likeness (QED) is 0.309. The largest absolute Gasteiger partial charge is 0.454 e. The van der Waals surface area contributed by atoms with Gasteiger partial charge in [-0.15, -0.1) is 0 Å². The number of fused-ring (bicyclic) bond motifs is 3. The van der Waals surface area contributed by atoms with E-state index in [2.05, 4.69) is 10.5 Å². The monoisotopic (exact) mass is 544 g/mol. The van der Waals surface area contributed by atoms with Gasteiger partial charge in [-0.3, -0.25) is 4.79 Å². The van der Waals surface area contributed by atoms with Gasteiger partial charge in [-0.25, -0.2) is 4.79 Å². The van der Waals surface area contributed by atoms with E-state index in [1.54, 1.807) is 6.26 Å². The zero-order valence-corrected chi connectivity index (χ0v) is 22.8. The zero-order chi connectivity index (χ0) is 27.6. The van der Waals surface area contributed by atoms with E-state index in [9.17, 15) is 14.7 Å². The molecule has 1 amide bonds. The Balaban J connectivity index is 1.16. The molecule has 2 bridgehead atoms. The van der Waals surface area contributed by atoms with Crippen LogP contribution in [0.5, 0.6) is 0 Å². The van der Waals surface area contributed by atoms with Crippen LogP contribution in [0.4, 0.5) is 5.82 Å². The highest BCUT2D eigenvalue weighted by Crippen LogP contribution is 2.42. The molecule has 7 rings (SSSR count). The first-order valence-electron chi connectivity index (χ1n) is 14.6. The number of carbonyl (C=O) groups excluding carboxylic acids is 2. The van der Waals surface area contributed by atoms with Crippen molar-refractivity contribution in [1.29, 1.82) is 0 Å². The van der Waals surface area contributed by atoms with E-state index in [1.165, 1.54) is 0 Å². The number of nitrogens with zero attached hydrogens (tertiary/aromatic N) is 2. The van der Waals surface area contributed by atoms with Gasteiger partial charge in [-0.1, -0.05) is 85.1 Å². The molecule has 8 nitrogen and oxygen atoms in total. The van der Waals surface area contributed by atoms with E-state index in [0.29, 0.717) is 22.4 Å². The second kappa shape index (κ2) is 11.2. The highest BCUT2D eigenvalue weighted by atomic mass is 16.6. The van der Waals surface area contributed by atoms with Crippen LogP contribution < -0.4 is 5.32 Å². The molecular formula is C32H38N3O5+. The van der Waals surface area contributed by atoms with Gasteiger partial charge in [-0.2, -0.15) is 0 Å². The Bertz CT molecular complexity index is 1310. The third kappa shape index (κ3) is 5.18. The van der Waals surface area contributed by atoms with Crippen molar-refractivity contribution in [3.05, 3.63) is 72.5 Å². The number of rotatable bonds is 8. The predicted octanol–water partition coefficient (Wildman–Crippen LogP) is 4.90. The first-order chi connectivity index (χ1) is 19.5. The summed E-state index contributed by atoms with van der Waals surface area (Å²) in [7, 11) is 0. The number of nitrogens with one attached hydrogen (secondary N) is 1. The van der Waals surface area contributed by atoms with Crippen molar-refractivity contribution in [3.8, 4) is 11.1 Å². The fraction of sp³-hybridized carbons (Fsp3) is 0.469. The van der Waals surface area contributed by atoms with Crippen LogP contribution in [0.15, 0.2) is 71.4 Å². The van der Waals surface area contributed by atoms with Gasteiger partial charge in [0.2, 0.25) is 0 Å². The highest BCUT2D eigenvalue weighted by molar-refractivity contribution is 5.94. The minimum atomic E-state index is -1.66. The second-order valence-electron chi connectivity index (χ2n) is 11.9. The normalized spacial score (nSPS) is 26.1. The van der Waals surface area contributed by atoms with Crippen molar-refractivity contribution >= 4 is 17.7 Å². The van der Waals surface area contributed by atoms with Crippen molar-refractivity contribution in [2.75, 3.05) is 31.5 Å². The van der Waals surface area contributed by atoms with E-state index in [-0.39, 0.29) is 30.4 Å². The summed E-state index contributed by atoms with van der Waals surface area (Å²) >= 11 is 0. The third-order valence-corrected chi connectivity index (χ3v) is 9.41. The topological polar surface area (TPSA) is 102 Å². The van der Waals surface area contributed by atoms with E-state index in [4.69, 9.17) is 9.26 Å². The molecule has 1 saturated carbocycles. The van der Waals surface area contributed by atoms with Crippen LogP contribution in [0.25, 0.3) is 11.1 Å². The van der Waals surface area contributed by atoms with Gasteiger partial charge >= 0.3 is 5.97 Å². The minimum Gasteiger partial charge on any atom is -0.454 e. The van der Waals surface area contributed by atoms with Gasteiger partial charge in [0, 0.05) is 24.7 Å². The summed E-state index contributed by atoms with van der Waals surface area (Å²) in [5.74, 6) is -0.183. The number of hydrogen-bond donors (Lipinski definition) is 2. The van der Waals surface area contributed by atoms with Crippen molar-refractivity contribution in [2.45, 2.75) is 56.7 Å². The Morgan fingerprint density at radius 3 is 2.35 bits per heavy atom. The Hall–Kier alpha value is -3.49. The number of hydrogen-bond acceptors (Lipinski definition) is 6. The summed E-state index contributed by atoms with van der Waals surface area (Å²) in [5, 5.41) is 19.0. The molecule has 2 aromatic carbocycles. The van der Waals surface area contributed by atoms with Crippen molar-refractivity contribution in [1.82, 2.24) is 5.16 Å². The maximum absolute atomic E-state index is 13.8. The molecule has 1 aliphatic carbocycles. The maximum atomic E-state index is 13.8. The number of aliphatic hydroxyl groups is 1. The van der Waals surface area contributed by atoms with E-state index in [0.717, 1.165) is 69.2 Å². The van der Waals surface area contributed by atoms with Gasteiger partial charge in [0.25, 0.3) is 5.91 Å². The smallest absolute Gasteiger partial charge is 0.343 e. The predicted molar refractivity (Wildman–Crippen MR) is 150 cm³/mol. The number of aromatic nitrogens is 1. The maximum Gasteiger partial charge on any atom is 0.343 e. The van der Waals surface area contributed by atoms with Crippen LogP contribution in [0.3, 0.4) is 0 Å². The molecule has 8 heteroatoms. The molecule has 4 heterocycles. The van der Waals surface area contributed by atoms with Crippen molar-refractivity contribution in [3.63, 3.8) is 0 Å². The number of anilines is 1. The van der Waals surface area contributed by atoms with Crippen LogP contribution in [0.1, 0.15) is 50.5 Å². The lowest BCUT2D eigenvalue weighted by Gasteiger charge is -2.52. The molecular weight excluding hydrogens is 506 g/mol. The number of quaternary nitrogens is 1. The van der Waals surface area contributed by atoms with Gasteiger partial charge in [0.15, 0.2) is 24.1 Å². The molecule has 3 saturated heterocycles. The molecule has 4 fully saturated rings. The van der Waals surface area contributed by atoms with Gasteiger partial charge in [0.1, 0.15) is 12.8 Å². The Labute approximate surface area is 234 Å². The fourth-order valence-corrected chi connectivity index (χ4v) is 7.16. The van der Waals surface area contributed by atoms with Gasteiger partial charge in [0.05, 0.1) is 18.7 Å². The molecule has 40 heavy (non-hydrogen) atoms. The minimum absolute atomic E-state index is 0.139. The molecule has 4 aliphatic rings.